The van der Waals surface area contributed by atoms with Gasteiger partial charge in [-0.2, -0.15) is 0 Å². The third-order valence-electron chi connectivity index (χ3n) is 2.72. The predicted molar refractivity (Wildman–Crippen MR) is 84.0 cm³/mol. The Hall–Kier alpha value is -1.72. The van der Waals surface area contributed by atoms with E-state index in [0.29, 0.717) is 5.69 Å². The van der Waals surface area contributed by atoms with Crippen molar-refractivity contribution in [3.63, 3.8) is 0 Å². The van der Waals surface area contributed by atoms with Crippen LogP contribution in [0.25, 0.3) is 0 Å². The Morgan fingerprint density at radius 1 is 1.35 bits per heavy atom. The average Bonchev–Trinajstić information content (AvgIpc) is 2.70. The quantitative estimate of drug-likeness (QED) is 0.646. The summed E-state index contributed by atoms with van der Waals surface area (Å²) in [5.74, 6) is -0.342. The Balaban J connectivity index is 2.12. The number of rotatable bonds is 5. The highest BCUT2D eigenvalue weighted by molar-refractivity contribution is 8.04. The number of halogens is 1. The zero-order chi connectivity index (χ0) is 14.4. The van der Waals surface area contributed by atoms with Crippen LogP contribution in [0, 0.1) is 5.82 Å². The molecule has 106 valence electrons. The minimum absolute atomic E-state index is 0.322. The van der Waals surface area contributed by atoms with E-state index in [1.165, 1.54) is 13.2 Å². The number of nitrogens with zero attached hydrogens (tertiary/aromatic N) is 1. The zero-order valence-corrected chi connectivity index (χ0v) is 12.3. The topological polar surface area (TPSA) is 24.5 Å². The third kappa shape index (κ3) is 3.88. The first-order valence-corrected chi connectivity index (χ1v) is 7.01. The van der Waals surface area contributed by atoms with Crippen molar-refractivity contribution in [1.29, 1.82) is 0 Å². The van der Waals surface area contributed by atoms with Gasteiger partial charge in [-0.3, -0.25) is 10.3 Å². The largest absolute Gasteiger partial charge is 0.315 e. The molecule has 0 aliphatic heterocycles. The van der Waals surface area contributed by atoms with Gasteiger partial charge in [0, 0.05) is 17.6 Å². The summed E-state index contributed by atoms with van der Waals surface area (Å²) in [6.45, 7) is 0. The maximum atomic E-state index is 13.5. The van der Waals surface area contributed by atoms with Crippen LogP contribution in [0.2, 0.25) is 0 Å². The molecule has 1 aromatic carbocycles. The van der Waals surface area contributed by atoms with E-state index in [9.17, 15) is 4.39 Å². The van der Waals surface area contributed by atoms with Crippen molar-refractivity contribution in [2.45, 2.75) is 6.42 Å². The molecule has 1 aliphatic carbocycles. The van der Waals surface area contributed by atoms with Gasteiger partial charge in [0.25, 0.3) is 0 Å². The van der Waals surface area contributed by atoms with E-state index in [2.05, 4.69) is 29.8 Å². The number of hydrogen-bond donors (Lipinski definition) is 1. The molecular weight excluding hydrogens is 275 g/mol. The number of allylic oxidation sites excluding steroid dienone is 5. The summed E-state index contributed by atoms with van der Waals surface area (Å²) in [6, 6.07) is 4.87. The van der Waals surface area contributed by atoms with E-state index in [0.717, 1.165) is 17.0 Å². The molecule has 2 rings (SSSR count). The Labute approximate surface area is 122 Å². The van der Waals surface area contributed by atoms with Crippen molar-refractivity contribution in [3.05, 3.63) is 59.3 Å². The average molecular weight is 292 g/mol. The Bertz CT molecular complexity index is 555. The number of nitrogens with one attached hydrogen (secondary N) is 1. The zero-order valence-electron chi connectivity index (χ0n) is 11.5. The van der Waals surface area contributed by atoms with Crippen LogP contribution in [0.4, 0.5) is 15.8 Å². The summed E-state index contributed by atoms with van der Waals surface area (Å²) in [5, 5.41) is 0. The predicted octanol–water partition coefficient (Wildman–Crippen LogP) is 4.28. The van der Waals surface area contributed by atoms with Crippen molar-refractivity contribution in [3.8, 4) is 0 Å². The molecule has 3 nitrogen and oxygen atoms in total. The van der Waals surface area contributed by atoms with Gasteiger partial charge in [0.2, 0.25) is 0 Å². The molecule has 1 N–H and O–H groups in total. The first-order valence-electron chi connectivity index (χ1n) is 6.24. The fraction of sp³-hybridized carbons (Fsp3) is 0.200. The van der Waals surface area contributed by atoms with Gasteiger partial charge in [-0.15, -0.1) is 0 Å². The molecule has 0 amide bonds. The molecule has 0 heterocycles. The van der Waals surface area contributed by atoms with Crippen molar-refractivity contribution in [2.24, 2.45) is 0 Å². The van der Waals surface area contributed by atoms with Crippen molar-refractivity contribution < 1.29 is 9.23 Å². The number of anilines is 2. The Morgan fingerprint density at radius 2 is 2.20 bits per heavy atom. The van der Waals surface area contributed by atoms with Crippen LogP contribution in [0.15, 0.2) is 53.5 Å². The van der Waals surface area contributed by atoms with Crippen molar-refractivity contribution in [1.82, 2.24) is 0 Å². The van der Waals surface area contributed by atoms with Gasteiger partial charge >= 0.3 is 0 Å². The summed E-state index contributed by atoms with van der Waals surface area (Å²) >= 11 is 1.58. The minimum atomic E-state index is -0.342. The van der Waals surface area contributed by atoms with Crippen LogP contribution in [-0.4, -0.2) is 14.2 Å². The first-order chi connectivity index (χ1) is 9.70. The molecule has 0 saturated heterocycles. The Kier molecular flexibility index (Phi) is 5.26. The van der Waals surface area contributed by atoms with E-state index in [4.69, 9.17) is 4.84 Å². The highest BCUT2D eigenvalue weighted by Crippen LogP contribution is 2.30. The highest BCUT2D eigenvalue weighted by atomic mass is 32.2. The normalized spacial score (nSPS) is 13.8. The summed E-state index contributed by atoms with van der Waals surface area (Å²) in [7, 11) is 3.40. The van der Waals surface area contributed by atoms with E-state index in [-0.39, 0.29) is 5.82 Å². The molecule has 0 spiro atoms. The van der Waals surface area contributed by atoms with Crippen molar-refractivity contribution >= 4 is 23.3 Å². The van der Waals surface area contributed by atoms with Crippen LogP contribution in [-0.2, 0) is 4.84 Å². The van der Waals surface area contributed by atoms with Crippen LogP contribution >= 0.6 is 11.9 Å². The number of hydrogen-bond acceptors (Lipinski definition) is 4. The molecule has 1 aromatic rings. The van der Waals surface area contributed by atoms with Gasteiger partial charge in [-0.1, -0.05) is 24.3 Å². The second-order valence-electron chi connectivity index (χ2n) is 4.19. The van der Waals surface area contributed by atoms with Gasteiger partial charge < -0.3 is 4.31 Å². The molecule has 5 heteroatoms. The maximum Gasteiger partial charge on any atom is 0.148 e. The lowest BCUT2D eigenvalue weighted by Crippen LogP contribution is -2.08. The SMILES string of the molecule is CONc1cc(N(C)SC2=CC=CCC=C2)ccc1F. The van der Waals surface area contributed by atoms with Crippen LogP contribution in [0.3, 0.4) is 0 Å². The molecule has 0 radical (unpaired) electrons. The van der Waals surface area contributed by atoms with Gasteiger partial charge in [0.15, 0.2) is 0 Å². The molecule has 0 unspecified atom stereocenters. The van der Waals surface area contributed by atoms with Gasteiger partial charge in [-0.05, 0) is 42.6 Å². The second-order valence-corrected chi connectivity index (χ2v) is 5.40. The Morgan fingerprint density at radius 3 is 3.00 bits per heavy atom. The maximum absolute atomic E-state index is 13.5. The van der Waals surface area contributed by atoms with Gasteiger partial charge in [0.05, 0.1) is 12.8 Å². The lowest BCUT2D eigenvalue weighted by molar-refractivity contribution is 0.269. The van der Waals surface area contributed by atoms with E-state index >= 15 is 0 Å². The molecule has 1 aliphatic rings. The first kappa shape index (κ1) is 14.7. The summed E-state index contributed by atoms with van der Waals surface area (Å²) in [4.78, 5) is 5.89. The van der Waals surface area contributed by atoms with E-state index in [1.54, 1.807) is 24.1 Å². The third-order valence-corrected chi connectivity index (χ3v) is 3.69. The molecule has 0 aromatic heterocycles. The lowest BCUT2D eigenvalue weighted by Gasteiger charge is -2.19. The van der Waals surface area contributed by atoms with Gasteiger partial charge in [-0.25, -0.2) is 4.39 Å². The summed E-state index contributed by atoms with van der Waals surface area (Å²) < 4.78 is 15.5. The molecule has 0 bridgehead atoms. The van der Waals surface area contributed by atoms with Crippen LogP contribution in [0.5, 0.6) is 0 Å². The smallest absolute Gasteiger partial charge is 0.148 e. The molecule has 0 atom stereocenters. The lowest BCUT2D eigenvalue weighted by atomic mass is 10.3. The monoisotopic (exact) mass is 292 g/mol. The van der Waals surface area contributed by atoms with E-state index in [1.807, 2.05) is 17.4 Å². The van der Waals surface area contributed by atoms with Crippen molar-refractivity contribution in [2.75, 3.05) is 23.9 Å². The second kappa shape index (κ2) is 7.17. The fourth-order valence-electron chi connectivity index (χ4n) is 1.73. The highest BCUT2D eigenvalue weighted by Gasteiger charge is 2.08. The van der Waals surface area contributed by atoms with Gasteiger partial charge in [0.1, 0.15) is 5.82 Å². The molecule has 0 saturated carbocycles. The molecular formula is C15H17FN2OS. The van der Waals surface area contributed by atoms with Crippen LogP contribution in [0.1, 0.15) is 6.42 Å². The number of benzene rings is 1. The summed E-state index contributed by atoms with van der Waals surface area (Å²) in [6.07, 6.45) is 11.3. The standard InChI is InChI=1S/C15H17FN2OS/c1-18(20-13-7-5-3-4-6-8-13)12-9-10-14(16)15(11-12)17-19-2/h3,5-11,17H,4H2,1-2H3. The minimum Gasteiger partial charge on any atom is -0.315 e. The van der Waals surface area contributed by atoms with E-state index < -0.39 is 0 Å². The summed E-state index contributed by atoms with van der Waals surface area (Å²) in [5.41, 5.74) is 3.74. The molecule has 0 fully saturated rings. The molecule has 20 heavy (non-hydrogen) atoms. The fourth-order valence-corrected chi connectivity index (χ4v) is 2.56. The van der Waals surface area contributed by atoms with Crippen LogP contribution < -0.4 is 9.79 Å².